The molecule has 0 amide bonds. The van der Waals surface area contributed by atoms with Crippen molar-refractivity contribution in [3.63, 3.8) is 0 Å². The van der Waals surface area contributed by atoms with E-state index in [4.69, 9.17) is 0 Å². The monoisotopic (exact) mass is 233 g/mol. The van der Waals surface area contributed by atoms with Gasteiger partial charge in [0.2, 0.25) is 0 Å². The van der Waals surface area contributed by atoms with E-state index in [1.165, 1.54) is 5.56 Å². The van der Waals surface area contributed by atoms with Gasteiger partial charge in [-0.1, -0.05) is 26.7 Å². The fourth-order valence-corrected chi connectivity index (χ4v) is 2.63. The van der Waals surface area contributed by atoms with Crippen molar-refractivity contribution in [2.24, 2.45) is 0 Å². The highest BCUT2D eigenvalue weighted by atomic mass is 16.4. The third-order valence-corrected chi connectivity index (χ3v) is 3.81. The second-order valence-corrected chi connectivity index (χ2v) is 5.22. The second kappa shape index (κ2) is 4.47. The lowest BCUT2D eigenvalue weighted by Gasteiger charge is -2.23. The molecular formula is C14H19NO2. The predicted octanol–water partition coefficient (Wildman–Crippen LogP) is 3.10. The third-order valence-electron chi connectivity index (χ3n) is 3.81. The molecule has 0 atom stereocenters. The molecule has 2 rings (SSSR count). The molecule has 1 fully saturated rings. The summed E-state index contributed by atoms with van der Waals surface area (Å²) in [4.78, 5) is 15.9. The van der Waals surface area contributed by atoms with Crippen LogP contribution in [0, 0.1) is 0 Å². The lowest BCUT2D eigenvalue weighted by atomic mass is 9.81. The largest absolute Gasteiger partial charge is 0.481 e. The normalized spacial score (nSPS) is 18.5. The molecule has 1 saturated carbocycles. The van der Waals surface area contributed by atoms with Crippen molar-refractivity contribution >= 4 is 5.97 Å². The summed E-state index contributed by atoms with van der Waals surface area (Å²) in [6.45, 7) is 4.22. The number of aliphatic carboxylic acids is 1. The summed E-state index contributed by atoms with van der Waals surface area (Å²) in [5, 5.41) is 9.51. The van der Waals surface area contributed by atoms with E-state index >= 15 is 0 Å². The van der Waals surface area contributed by atoms with E-state index in [0.717, 1.165) is 31.4 Å². The zero-order valence-electron chi connectivity index (χ0n) is 10.4. The summed E-state index contributed by atoms with van der Waals surface area (Å²) in [5.41, 5.74) is 1.18. The smallest absolute Gasteiger partial charge is 0.315 e. The van der Waals surface area contributed by atoms with Crippen molar-refractivity contribution in [2.75, 3.05) is 0 Å². The van der Waals surface area contributed by atoms with Gasteiger partial charge in [0.25, 0.3) is 0 Å². The number of rotatable bonds is 3. The van der Waals surface area contributed by atoms with E-state index in [2.05, 4.69) is 18.8 Å². The molecule has 1 aromatic rings. The molecule has 92 valence electrons. The molecule has 1 aliphatic carbocycles. The van der Waals surface area contributed by atoms with Gasteiger partial charge in [0.15, 0.2) is 0 Å². The summed E-state index contributed by atoms with van der Waals surface area (Å²) >= 11 is 0. The molecule has 1 heterocycles. The maximum absolute atomic E-state index is 11.6. The number of hydrogen-bond acceptors (Lipinski definition) is 2. The van der Waals surface area contributed by atoms with Gasteiger partial charge in [-0.25, -0.2) is 0 Å². The average molecular weight is 233 g/mol. The molecule has 0 bridgehead atoms. The topological polar surface area (TPSA) is 50.2 Å². The Kier molecular flexibility index (Phi) is 3.18. The molecule has 1 aliphatic rings. The van der Waals surface area contributed by atoms with Crippen molar-refractivity contribution in [2.45, 2.75) is 50.9 Å². The maximum atomic E-state index is 11.6. The molecule has 0 radical (unpaired) electrons. The summed E-state index contributed by atoms with van der Waals surface area (Å²) < 4.78 is 0. The zero-order chi connectivity index (χ0) is 12.5. The molecule has 1 aromatic heterocycles. The van der Waals surface area contributed by atoms with Gasteiger partial charge in [0.1, 0.15) is 5.41 Å². The minimum Gasteiger partial charge on any atom is -0.481 e. The number of carboxylic acids is 1. The number of carbonyl (C=O) groups is 1. The number of nitrogens with zero attached hydrogens (tertiary/aromatic N) is 1. The lowest BCUT2D eigenvalue weighted by Crippen LogP contribution is -2.33. The molecule has 0 aliphatic heterocycles. The van der Waals surface area contributed by atoms with Gasteiger partial charge in [-0.05, 0) is 36.5 Å². The molecule has 0 unspecified atom stereocenters. The van der Waals surface area contributed by atoms with Gasteiger partial charge < -0.3 is 5.11 Å². The van der Waals surface area contributed by atoms with Crippen LogP contribution in [0.2, 0.25) is 0 Å². The second-order valence-electron chi connectivity index (χ2n) is 5.22. The first-order valence-electron chi connectivity index (χ1n) is 6.26. The predicted molar refractivity (Wildman–Crippen MR) is 66.1 cm³/mol. The Morgan fingerprint density at radius 2 is 2.06 bits per heavy atom. The molecule has 3 heteroatoms. The SMILES string of the molecule is CC(C)c1ccnc(C2(C(=O)O)CCCC2)c1. The van der Waals surface area contributed by atoms with E-state index in [1.807, 2.05) is 12.1 Å². The highest BCUT2D eigenvalue weighted by Crippen LogP contribution is 2.40. The summed E-state index contributed by atoms with van der Waals surface area (Å²) in [5.74, 6) is -0.313. The van der Waals surface area contributed by atoms with Gasteiger partial charge in [-0.2, -0.15) is 0 Å². The standard InChI is InChI=1S/C14H19NO2/c1-10(2)11-5-8-15-12(9-11)14(13(16)17)6-3-4-7-14/h5,8-10H,3-4,6-7H2,1-2H3,(H,16,17). The van der Waals surface area contributed by atoms with Crippen LogP contribution in [0.5, 0.6) is 0 Å². The van der Waals surface area contributed by atoms with Crippen molar-refractivity contribution in [3.8, 4) is 0 Å². The van der Waals surface area contributed by atoms with Crippen molar-refractivity contribution < 1.29 is 9.90 Å². The fraction of sp³-hybridized carbons (Fsp3) is 0.571. The van der Waals surface area contributed by atoms with Crippen molar-refractivity contribution in [1.82, 2.24) is 4.98 Å². The van der Waals surface area contributed by atoms with E-state index < -0.39 is 11.4 Å². The van der Waals surface area contributed by atoms with Gasteiger partial charge in [0, 0.05) is 6.20 Å². The van der Waals surface area contributed by atoms with E-state index in [0.29, 0.717) is 5.92 Å². The van der Waals surface area contributed by atoms with Crippen LogP contribution < -0.4 is 0 Å². The molecule has 3 nitrogen and oxygen atoms in total. The molecule has 0 spiro atoms. The highest BCUT2D eigenvalue weighted by molar-refractivity contribution is 5.81. The first-order valence-corrected chi connectivity index (χ1v) is 6.26. The van der Waals surface area contributed by atoms with E-state index in [9.17, 15) is 9.90 Å². The zero-order valence-corrected chi connectivity index (χ0v) is 10.4. The van der Waals surface area contributed by atoms with Gasteiger partial charge in [-0.15, -0.1) is 0 Å². The summed E-state index contributed by atoms with van der Waals surface area (Å²) in [6, 6.07) is 3.95. The first kappa shape index (κ1) is 12.1. The highest BCUT2D eigenvalue weighted by Gasteiger charge is 2.44. The first-order chi connectivity index (χ1) is 8.06. The Balaban J connectivity index is 2.43. The van der Waals surface area contributed by atoms with Crippen LogP contribution in [-0.2, 0) is 10.2 Å². The van der Waals surface area contributed by atoms with Crippen LogP contribution in [0.15, 0.2) is 18.3 Å². The minimum atomic E-state index is -0.731. The summed E-state index contributed by atoms with van der Waals surface area (Å²) in [6.07, 6.45) is 5.15. The number of aromatic nitrogens is 1. The average Bonchev–Trinajstić information content (AvgIpc) is 2.79. The number of hydrogen-bond donors (Lipinski definition) is 1. The molecule has 1 N–H and O–H groups in total. The van der Waals surface area contributed by atoms with Crippen LogP contribution >= 0.6 is 0 Å². The van der Waals surface area contributed by atoms with Gasteiger partial charge in [0.05, 0.1) is 5.69 Å². The van der Waals surface area contributed by atoms with Crippen LogP contribution in [-0.4, -0.2) is 16.1 Å². The van der Waals surface area contributed by atoms with Gasteiger partial charge >= 0.3 is 5.97 Å². The molecule has 0 aromatic carbocycles. The maximum Gasteiger partial charge on any atom is 0.315 e. The van der Waals surface area contributed by atoms with Gasteiger partial charge in [-0.3, -0.25) is 9.78 Å². The Labute approximate surface area is 102 Å². The lowest BCUT2D eigenvalue weighted by molar-refractivity contribution is -0.143. The van der Waals surface area contributed by atoms with Crippen molar-refractivity contribution in [1.29, 1.82) is 0 Å². The Morgan fingerprint density at radius 1 is 1.41 bits per heavy atom. The number of carboxylic acid groups (broad SMARTS) is 1. The number of pyridine rings is 1. The van der Waals surface area contributed by atoms with Crippen LogP contribution in [0.4, 0.5) is 0 Å². The Morgan fingerprint density at radius 3 is 2.59 bits per heavy atom. The fourth-order valence-electron chi connectivity index (χ4n) is 2.63. The Bertz CT molecular complexity index is 420. The van der Waals surface area contributed by atoms with Crippen LogP contribution in [0.25, 0.3) is 0 Å². The van der Waals surface area contributed by atoms with Crippen LogP contribution in [0.1, 0.15) is 56.7 Å². The molecular weight excluding hydrogens is 214 g/mol. The Hall–Kier alpha value is -1.38. The third kappa shape index (κ3) is 2.06. The molecule has 17 heavy (non-hydrogen) atoms. The quantitative estimate of drug-likeness (QED) is 0.872. The summed E-state index contributed by atoms with van der Waals surface area (Å²) in [7, 11) is 0. The van der Waals surface area contributed by atoms with Crippen molar-refractivity contribution in [3.05, 3.63) is 29.6 Å². The minimum absolute atomic E-state index is 0.406. The molecule has 0 saturated heterocycles. The van der Waals surface area contributed by atoms with Crippen LogP contribution in [0.3, 0.4) is 0 Å². The van der Waals surface area contributed by atoms with E-state index in [-0.39, 0.29) is 0 Å². The van der Waals surface area contributed by atoms with E-state index in [1.54, 1.807) is 6.20 Å².